The van der Waals surface area contributed by atoms with Crippen molar-refractivity contribution in [3.63, 3.8) is 0 Å². The van der Waals surface area contributed by atoms with Crippen LogP contribution in [0.3, 0.4) is 0 Å². The first-order valence-corrected chi connectivity index (χ1v) is 7.09. The molecule has 1 aromatic heterocycles. The Morgan fingerprint density at radius 2 is 2.18 bits per heavy atom. The predicted molar refractivity (Wildman–Crippen MR) is 65.9 cm³/mol. The second-order valence-electron chi connectivity index (χ2n) is 4.41. The van der Waals surface area contributed by atoms with Gasteiger partial charge >= 0.3 is 0 Å². The van der Waals surface area contributed by atoms with E-state index in [0.717, 1.165) is 0 Å². The topological polar surface area (TPSA) is 101 Å². The number of aromatic amines is 1. The number of sulfonamides is 1. The molecule has 6 nitrogen and oxygen atoms in total. The Labute approximate surface area is 102 Å². The molecule has 0 aliphatic rings. The number of aromatic nitrogens is 2. The van der Waals surface area contributed by atoms with Crippen LogP contribution in [0.1, 0.15) is 26.0 Å². The number of H-pyrrole nitrogens is 1. The zero-order chi connectivity index (χ0) is 13.1. The minimum Gasteiger partial charge on any atom is -0.330 e. The lowest BCUT2D eigenvalue weighted by atomic mass is 10.0. The molecule has 1 aromatic rings. The standard InChI is InChI=1S/C10H20N4O2S/c1-7(2)9(4-5-11)14-17(15,16)10-6-12-13-8(10)3/h6-7,9,14H,4-5,11H2,1-3H3,(H,12,13). The summed E-state index contributed by atoms with van der Waals surface area (Å²) in [6.07, 6.45) is 1.94. The highest BCUT2D eigenvalue weighted by Gasteiger charge is 2.24. The van der Waals surface area contributed by atoms with E-state index in [1.54, 1.807) is 6.92 Å². The Balaban J connectivity index is 2.89. The summed E-state index contributed by atoms with van der Waals surface area (Å²) in [5.41, 5.74) is 6.02. The first kappa shape index (κ1) is 14.1. The van der Waals surface area contributed by atoms with Gasteiger partial charge in [-0.2, -0.15) is 5.10 Å². The van der Waals surface area contributed by atoms with Crippen LogP contribution in [-0.2, 0) is 10.0 Å². The third kappa shape index (κ3) is 3.52. The lowest BCUT2D eigenvalue weighted by Gasteiger charge is -2.21. The first-order chi connectivity index (χ1) is 7.88. The number of aryl methyl sites for hydroxylation is 1. The summed E-state index contributed by atoms with van der Waals surface area (Å²) in [6, 6.07) is -0.153. The molecule has 0 saturated carbocycles. The smallest absolute Gasteiger partial charge is 0.244 e. The maximum Gasteiger partial charge on any atom is 0.244 e. The van der Waals surface area contributed by atoms with E-state index in [2.05, 4.69) is 14.9 Å². The second-order valence-corrected chi connectivity index (χ2v) is 6.09. The van der Waals surface area contributed by atoms with Crippen molar-refractivity contribution in [2.45, 2.75) is 38.1 Å². The highest BCUT2D eigenvalue weighted by molar-refractivity contribution is 7.89. The molecular weight excluding hydrogens is 240 g/mol. The molecule has 4 N–H and O–H groups in total. The fourth-order valence-electron chi connectivity index (χ4n) is 1.58. The third-order valence-electron chi connectivity index (χ3n) is 2.66. The Bertz CT molecular complexity index is 453. The molecule has 1 atom stereocenters. The van der Waals surface area contributed by atoms with Crippen molar-refractivity contribution < 1.29 is 8.42 Å². The van der Waals surface area contributed by atoms with Crippen LogP contribution in [0.2, 0.25) is 0 Å². The highest BCUT2D eigenvalue weighted by Crippen LogP contribution is 2.14. The fourth-order valence-corrected chi connectivity index (χ4v) is 3.14. The summed E-state index contributed by atoms with van der Waals surface area (Å²) in [6.45, 7) is 6.06. The zero-order valence-corrected chi connectivity index (χ0v) is 11.2. The summed E-state index contributed by atoms with van der Waals surface area (Å²) >= 11 is 0. The van der Waals surface area contributed by atoms with Gasteiger partial charge in [-0.25, -0.2) is 13.1 Å². The van der Waals surface area contributed by atoms with E-state index in [0.29, 0.717) is 18.7 Å². The molecular formula is C10H20N4O2S. The number of nitrogens with two attached hydrogens (primary N) is 1. The van der Waals surface area contributed by atoms with Crippen LogP contribution in [0.25, 0.3) is 0 Å². The van der Waals surface area contributed by atoms with Crippen molar-refractivity contribution in [2.24, 2.45) is 11.7 Å². The van der Waals surface area contributed by atoms with Crippen molar-refractivity contribution >= 4 is 10.0 Å². The normalized spacial score (nSPS) is 14.2. The lowest BCUT2D eigenvalue weighted by Crippen LogP contribution is -2.39. The molecule has 1 heterocycles. The van der Waals surface area contributed by atoms with Gasteiger partial charge < -0.3 is 5.73 Å². The van der Waals surface area contributed by atoms with E-state index >= 15 is 0 Å². The number of nitrogens with zero attached hydrogens (tertiary/aromatic N) is 1. The van der Waals surface area contributed by atoms with Gasteiger partial charge in [0, 0.05) is 6.04 Å². The molecule has 7 heteroatoms. The number of hydrogen-bond donors (Lipinski definition) is 3. The van der Waals surface area contributed by atoms with Crippen molar-refractivity contribution in [3.05, 3.63) is 11.9 Å². The van der Waals surface area contributed by atoms with Crippen LogP contribution in [0.4, 0.5) is 0 Å². The Morgan fingerprint density at radius 1 is 1.53 bits per heavy atom. The highest BCUT2D eigenvalue weighted by atomic mass is 32.2. The SMILES string of the molecule is Cc1[nH]ncc1S(=O)(=O)NC(CCN)C(C)C. The largest absolute Gasteiger partial charge is 0.330 e. The van der Waals surface area contributed by atoms with Gasteiger partial charge in [0.15, 0.2) is 0 Å². The van der Waals surface area contributed by atoms with Crippen LogP contribution in [0.15, 0.2) is 11.1 Å². The molecule has 0 aliphatic carbocycles. The average Bonchev–Trinajstić information content (AvgIpc) is 2.64. The van der Waals surface area contributed by atoms with Crippen molar-refractivity contribution in [1.82, 2.24) is 14.9 Å². The molecule has 0 bridgehead atoms. The van der Waals surface area contributed by atoms with Gasteiger partial charge in [-0.3, -0.25) is 5.10 Å². The van der Waals surface area contributed by atoms with Crippen LogP contribution < -0.4 is 10.5 Å². The fraction of sp³-hybridized carbons (Fsp3) is 0.700. The van der Waals surface area contributed by atoms with Crippen LogP contribution in [0.5, 0.6) is 0 Å². The van der Waals surface area contributed by atoms with Gasteiger partial charge in [-0.15, -0.1) is 0 Å². The predicted octanol–water partition coefficient (Wildman–Crippen LogP) is 0.370. The molecule has 1 rings (SSSR count). The number of nitrogens with one attached hydrogen (secondary N) is 2. The minimum atomic E-state index is -3.51. The zero-order valence-electron chi connectivity index (χ0n) is 10.4. The molecule has 0 fully saturated rings. The molecule has 1 unspecified atom stereocenters. The third-order valence-corrected chi connectivity index (χ3v) is 4.27. The van der Waals surface area contributed by atoms with Crippen molar-refractivity contribution in [2.75, 3.05) is 6.54 Å². The summed E-state index contributed by atoms with van der Waals surface area (Å²) in [5, 5.41) is 6.33. The quantitative estimate of drug-likeness (QED) is 0.688. The van der Waals surface area contributed by atoms with Crippen LogP contribution in [-0.4, -0.2) is 31.2 Å². The van der Waals surface area contributed by atoms with E-state index in [1.807, 2.05) is 13.8 Å². The summed E-state index contributed by atoms with van der Waals surface area (Å²) in [7, 11) is -3.51. The summed E-state index contributed by atoms with van der Waals surface area (Å²) in [5.74, 6) is 0.195. The molecule has 17 heavy (non-hydrogen) atoms. The molecule has 98 valence electrons. The lowest BCUT2D eigenvalue weighted by molar-refractivity contribution is 0.428. The van der Waals surface area contributed by atoms with E-state index in [4.69, 9.17) is 5.73 Å². The number of hydrogen-bond acceptors (Lipinski definition) is 4. The van der Waals surface area contributed by atoms with Gasteiger partial charge in [0.1, 0.15) is 4.90 Å². The average molecular weight is 260 g/mol. The Kier molecular flexibility index (Phi) is 4.67. The molecule has 0 aliphatic heterocycles. The van der Waals surface area contributed by atoms with Crippen LogP contribution in [0, 0.1) is 12.8 Å². The Morgan fingerprint density at radius 3 is 2.59 bits per heavy atom. The molecule has 0 amide bonds. The summed E-state index contributed by atoms with van der Waals surface area (Å²) < 4.78 is 26.9. The molecule has 0 saturated heterocycles. The minimum absolute atomic E-state index is 0.153. The van der Waals surface area contributed by atoms with E-state index < -0.39 is 10.0 Å². The Hall–Kier alpha value is -0.920. The van der Waals surface area contributed by atoms with E-state index in [1.165, 1.54) is 6.20 Å². The van der Waals surface area contributed by atoms with Gasteiger partial charge in [-0.05, 0) is 25.8 Å². The monoisotopic (exact) mass is 260 g/mol. The van der Waals surface area contributed by atoms with Gasteiger partial charge in [0.05, 0.1) is 11.9 Å². The molecule has 0 aromatic carbocycles. The second kappa shape index (κ2) is 5.61. The molecule has 0 spiro atoms. The van der Waals surface area contributed by atoms with Gasteiger partial charge in [0.25, 0.3) is 0 Å². The van der Waals surface area contributed by atoms with Gasteiger partial charge in [-0.1, -0.05) is 13.8 Å². The van der Waals surface area contributed by atoms with E-state index in [-0.39, 0.29) is 16.9 Å². The molecule has 0 radical (unpaired) electrons. The number of rotatable bonds is 6. The van der Waals surface area contributed by atoms with Gasteiger partial charge in [0.2, 0.25) is 10.0 Å². The maximum absolute atomic E-state index is 12.1. The van der Waals surface area contributed by atoms with Crippen molar-refractivity contribution in [3.8, 4) is 0 Å². The van der Waals surface area contributed by atoms with Crippen molar-refractivity contribution in [1.29, 1.82) is 0 Å². The first-order valence-electron chi connectivity index (χ1n) is 5.61. The van der Waals surface area contributed by atoms with E-state index in [9.17, 15) is 8.42 Å². The maximum atomic E-state index is 12.1. The summed E-state index contributed by atoms with van der Waals surface area (Å²) in [4.78, 5) is 0.195. The van der Waals surface area contributed by atoms with Crippen LogP contribution >= 0.6 is 0 Å².